The Bertz CT molecular complexity index is 3130. The fraction of sp³-hybridized carbons (Fsp3) is 0.192. The van der Waals surface area contributed by atoms with Crippen molar-refractivity contribution in [1.82, 2.24) is 20.3 Å². The van der Waals surface area contributed by atoms with Gasteiger partial charge in [0.15, 0.2) is 29.7 Å². The van der Waals surface area contributed by atoms with Gasteiger partial charge in [-0.05, 0) is 124 Å². The first kappa shape index (κ1) is 52.8. The second-order valence-electron chi connectivity index (χ2n) is 17.2. The Hall–Kier alpha value is -9.53. The van der Waals surface area contributed by atoms with E-state index in [2.05, 4.69) is 31.6 Å². The Kier molecular flexibility index (Phi) is 16.6. The van der Waals surface area contributed by atoms with Crippen molar-refractivity contribution in [2.24, 2.45) is 5.41 Å². The Morgan fingerprint density at radius 2 is 1.33 bits per heavy atom. The number of nitrogens with one attached hydrogen (secondary N) is 4. The maximum Gasteiger partial charge on any atom is 0.339 e. The Balaban J connectivity index is 1.17. The molecule has 6 rings (SSSR count). The van der Waals surface area contributed by atoms with Crippen molar-refractivity contribution in [3.8, 4) is 28.7 Å². The lowest BCUT2D eigenvalue weighted by Crippen LogP contribution is -2.45. The van der Waals surface area contributed by atoms with Crippen LogP contribution in [0.25, 0.3) is 18.0 Å². The number of phenols is 3. The summed E-state index contributed by atoms with van der Waals surface area (Å²) >= 11 is 0. The van der Waals surface area contributed by atoms with Crippen molar-refractivity contribution >= 4 is 70.6 Å². The fourth-order valence-electron chi connectivity index (χ4n) is 6.86. The molecule has 0 bridgehead atoms. The van der Waals surface area contributed by atoms with Crippen LogP contribution in [0.4, 0.5) is 21.5 Å². The number of amides is 4. The molecular formula is C52H50FN7O13. The highest BCUT2D eigenvalue weighted by atomic mass is 19.1. The standard InChI is InChI=1S/C52H50FN7O13/c1-28(23-29-7-18-36(61)19-8-29)46(64)55-33-16-11-31(12-17-33)47(65)58-41(25-35-26-54-59-60(35)27-73-51(70)52(2,3)4)49(67)56-34-14-9-30(10-15-34)39(53)24-32-13-20-37(42(62)44(32)71-5)48(66)57-40-22-21-38(50(68)69)43(63)45(40)72-6/h7-24,26,41,61-63H,25,27H2,1-6H3,(H,55,64)(H,56,67)(H,57,66)(H,58,65)(H,68,69)/b28-23+,39-24-. The number of carboxylic acids is 1. The van der Waals surface area contributed by atoms with Crippen molar-refractivity contribution in [2.45, 2.75) is 46.9 Å². The number of carboxylic acid groups (broad SMARTS) is 1. The predicted molar refractivity (Wildman–Crippen MR) is 266 cm³/mol. The monoisotopic (exact) mass is 999 g/mol. The Morgan fingerprint density at radius 1 is 0.726 bits per heavy atom. The fourth-order valence-corrected chi connectivity index (χ4v) is 6.86. The van der Waals surface area contributed by atoms with Gasteiger partial charge in [0.1, 0.15) is 23.2 Å². The van der Waals surface area contributed by atoms with E-state index in [9.17, 15) is 49.2 Å². The Morgan fingerprint density at radius 3 is 1.95 bits per heavy atom. The van der Waals surface area contributed by atoms with Gasteiger partial charge in [-0.1, -0.05) is 23.4 Å². The van der Waals surface area contributed by atoms with Crippen LogP contribution < -0.4 is 30.7 Å². The minimum absolute atomic E-state index is 0.0292. The Labute approximate surface area is 416 Å². The van der Waals surface area contributed by atoms with Crippen LogP contribution in [0.3, 0.4) is 0 Å². The van der Waals surface area contributed by atoms with Crippen LogP contribution in [-0.4, -0.2) is 91.2 Å². The molecule has 6 aromatic rings. The zero-order chi connectivity index (χ0) is 53.1. The molecule has 1 atom stereocenters. The molecule has 0 radical (unpaired) electrons. The summed E-state index contributed by atoms with van der Waals surface area (Å²) in [5, 5.41) is 58.8. The number of aromatic carboxylic acids is 1. The molecule has 8 N–H and O–H groups in total. The van der Waals surface area contributed by atoms with Crippen molar-refractivity contribution in [3.63, 3.8) is 0 Å². The summed E-state index contributed by atoms with van der Waals surface area (Å²) < 4.78 is 32.9. The average Bonchev–Trinajstić information content (AvgIpc) is 3.80. The number of benzene rings is 5. The van der Waals surface area contributed by atoms with E-state index in [0.29, 0.717) is 22.5 Å². The molecule has 0 fully saturated rings. The van der Waals surface area contributed by atoms with Gasteiger partial charge in [0.25, 0.3) is 17.7 Å². The molecule has 1 unspecified atom stereocenters. The van der Waals surface area contributed by atoms with Gasteiger partial charge in [-0.3, -0.25) is 24.0 Å². The quantitative estimate of drug-likeness (QED) is 0.0236. The minimum Gasteiger partial charge on any atom is -0.508 e. The average molecular weight is 1000 g/mol. The number of anilines is 3. The smallest absolute Gasteiger partial charge is 0.339 e. The summed E-state index contributed by atoms with van der Waals surface area (Å²) in [6, 6.07) is 21.2. The normalized spacial score (nSPS) is 12.0. The van der Waals surface area contributed by atoms with Crippen molar-refractivity contribution in [1.29, 1.82) is 0 Å². The molecule has 4 amide bonds. The molecule has 1 aromatic heterocycles. The molecule has 0 saturated heterocycles. The third-order valence-corrected chi connectivity index (χ3v) is 10.8. The summed E-state index contributed by atoms with van der Waals surface area (Å²) in [6.07, 6.45) is 3.85. The number of aromatic nitrogens is 3. The number of ether oxygens (including phenoxy) is 3. The number of aromatic hydroxyl groups is 3. The van der Waals surface area contributed by atoms with Gasteiger partial charge < -0.3 is 55.9 Å². The highest BCUT2D eigenvalue weighted by molar-refractivity contribution is 6.09. The largest absolute Gasteiger partial charge is 0.508 e. The lowest BCUT2D eigenvalue weighted by atomic mass is 9.98. The van der Waals surface area contributed by atoms with E-state index in [1.54, 1.807) is 45.9 Å². The minimum atomic E-state index is -1.43. The molecule has 20 nitrogen and oxygen atoms in total. The predicted octanol–water partition coefficient (Wildman–Crippen LogP) is 7.40. The van der Waals surface area contributed by atoms with E-state index in [0.717, 1.165) is 19.3 Å². The lowest BCUT2D eigenvalue weighted by Gasteiger charge is -2.20. The second kappa shape index (κ2) is 22.9. The summed E-state index contributed by atoms with van der Waals surface area (Å²) in [5.41, 5.74) is 0.473. The first-order valence-corrected chi connectivity index (χ1v) is 22.0. The number of halogens is 1. The zero-order valence-electron chi connectivity index (χ0n) is 40.1. The van der Waals surface area contributed by atoms with Gasteiger partial charge in [-0.15, -0.1) is 5.10 Å². The molecule has 5 aromatic carbocycles. The summed E-state index contributed by atoms with van der Waals surface area (Å²) in [5.74, 6) is -7.34. The molecule has 73 heavy (non-hydrogen) atoms. The molecule has 378 valence electrons. The van der Waals surface area contributed by atoms with E-state index in [1.165, 1.54) is 96.9 Å². The number of phenolic OH excluding ortho intramolecular Hbond substituents is 2. The first-order valence-electron chi connectivity index (χ1n) is 22.0. The molecular weight excluding hydrogens is 950 g/mol. The highest BCUT2D eigenvalue weighted by Crippen LogP contribution is 2.40. The number of hydrogen-bond acceptors (Lipinski definition) is 14. The van der Waals surface area contributed by atoms with Gasteiger partial charge in [0.05, 0.1) is 42.8 Å². The van der Waals surface area contributed by atoms with Crippen LogP contribution in [0, 0.1) is 5.41 Å². The third-order valence-electron chi connectivity index (χ3n) is 10.8. The van der Waals surface area contributed by atoms with Crippen LogP contribution >= 0.6 is 0 Å². The number of methoxy groups -OCH3 is 2. The van der Waals surface area contributed by atoms with Gasteiger partial charge in [0.2, 0.25) is 5.91 Å². The number of carbonyl (C=O) groups excluding carboxylic acids is 5. The SMILES string of the molecule is COc1c(/C=C(\F)c2ccc(NC(=O)C(Cc3cnnn3COC(=O)C(C)(C)C)NC(=O)c3ccc(NC(=O)/C(C)=C/c4ccc(O)cc4)cc3)cc2)ccc(C(=O)Nc2ccc(C(=O)O)c(O)c2OC)c1O. The topological polar surface area (TPSA) is 290 Å². The number of carbonyl (C=O) groups is 6. The van der Waals surface area contributed by atoms with E-state index in [4.69, 9.17) is 14.2 Å². The third kappa shape index (κ3) is 13.2. The number of rotatable bonds is 18. The number of nitrogens with zero attached hydrogens (tertiary/aromatic N) is 3. The second-order valence-corrected chi connectivity index (χ2v) is 17.2. The van der Waals surface area contributed by atoms with Crippen molar-refractivity contribution < 1.29 is 67.8 Å². The molecule has 0 spiro atoms. The molecule has 21 heteroatoms. The summed E-state index contributed by atoms with van der Waals surface area (Å²) in [6.45, 7) is 6.33. The maximum absolute atomic E-state index is 15.8. The van der Waals surface area contributed by atoms with Gasteiger partial charge in [-0.2, -0.15) is 0 Å². The van der Waals surface area contributed by atoms with Gasteiger partial charge in [-0.25, -0.2) is 13.9 Å². The highest BCUT2D eigenvalue weighted by Gasteiger charge is 2.28. The molecule has 1 heterocycles. The number of hydrogen-bond donors (Lipinski definition) is 8. The molecule has 0 aliphatic rings. The molecule has 0 aliphatic carbocycles. The molecule has 0 aliphatic heterocycles. The zero-order valence-corrected chi connectivity index (χ0v) is 40.1. The lowest BCUT2D eigenvalue weighted by molar-refractivity contribution is -0.157. The van der Waals surface area contributed by atoms with Gasteiger partial charge >= 0.3 is 11.9 Å². The van der Waals surface area contributed by atoms with E-state index >= 15 is 4.39 Å². The number of esters is 1. The van der Waals surface area contributed by atoms with Crippen molar-refractivity contribution in [3.05, 3.63) is 148 Å². The van der Waals surface area contributed by atoms with E-state index < -0.39 is 69.9 Å². The van der Waals surface area contributed by atoms with Crippen LogP contribution in [0.5, 0.6) is 28.7 Å². The van der Waals surface area contributed by atoms with Crippen LogP contribution in [0.1, 0.15) is 81.2 Å². The molecule has 0 saturated carbocycles. The van der Waals surface area contributed by atoms with Crippen LogP contribution in [0.2, 0.25) is 0 Å². The first-order chi connectivity index (χ1) is 34.7. The van der Waals surface area contributed by atoms with E-state index in [1.807, 2.05) is 0 Å². The van der Waals surface area contributed by atoms with E-state index in [-0.39, 0.29) is 64.0 Å². The van der Waals surface area contributed by atoms with Crippen LogP contribution in [0.15, 0.2) is 109 Å². The maximum atomic E-state index is 15.8. The summed E-state index contributed by atoms with van der Waals surface area (Å²) in [4.78, 5) is 77.8. The van der Waals surface area contributed by atoms with Crippen LogP contribution in [-0.2, 0) is 32.3 Å². The summed E-state index contributed by atoms with van der Waals surface area (Å²) in [7, 11) is 2.35. The van der Waals surface area contributed by atoms with Crippen molar-refractivity contribution in [2.75, 3.05) is 30.2 Å². The van der Waals surface area contributed by atoms with Gasteiger partial charge in [0, 0.05) is 40.1 Å².